The van der Waals surface area contributed by atoms with Gasteiger partial charge in [0, 0.05) is 0 Å². The van der Waals surface area contributed by atoms with Crippen LogP contribution in [0.25, 0.3) is 0 Å². The van der Waals surface area contributed by atoms with Crippen molar-refractivity contribution in [3.8, 4) is 0 Å². The topological polar surface area (TPSA) is 196 Å². The van der Waals surface area contributed by atoms with Crippen LogP contribution in [0.2, 0.25) is 0 Å². The summed E-state index contributed by atoms with van der Waals surface area (Å²) in [4.78, 5) is 20.8. The second-order valence-electron chi connectivity index (χ2n) is 2.73. The first-order chi connectivity index (χ1) is 6.92. The molecule has 0 spiro atoms. The number of alkyl halides is 1. The van der Waals surface area contributed by atoms with Crippen LogP contribution in [0.5, 0.6) is 0 Å². The zero-order valence-electron chi connectivity index (χ0n) is 7.79. The van der Waals surface area contributed by atoms with E-state index in [9.17, 15) is 18.7 Å². The van der Waals surface area contributed by atoms with Gasteiger partial charge in [-0.05, 0) is 0 Å². The highest BCUT2D eigenvalue weighted by atomic mass is 79.9. The second kappa shape index (κ2) is 5.37. The Balaban J connectivity index is 4.52. The molecule has 0 saturated carbocycles. The van der Waals surface area contributed by atoms with Crippen molar-refractivity contribution in [1.82, 2.24) is 10.2 Å². The molecule has 0 aliphatic rings. The fourth-order valence-corrected chi connectivity index (χ4v) is 2.11. The quantitative estimate of drug-likeness (QED) is 0.193. The van der Waals surface area contributed by atoms with Gasteiger partial charge < -0.3 is 0 Å². The lowest BCUT2D eigenvalue weighted by atomic mass is 10.4. The summed E-state index contributed by atoms with van der Waals surface area (Å²) in [6, 6.07) is 0. The molecule has 0 aromatic carbocycles. The molecule has 0 heterocycles. The number of nitrogens with two attached hydrogens (primary N) is 4. The van der Waals surface area contributed by atoms with Crippen molar-refractivity contribution in [1.29, 1.82) is 0 Å². The summed E-state index contributed by atoms with van der Waals surface area (Å²) in [5.41, 5.74) is 19.4. The molecular formula is C3H11BrN6O4P2. The van der Waals surface area contributed by atoms with E-state index >= 15 is 0 Å². The van der Waals surface area contributed by atoms with Gasteiger partial charge in [-0.3, -0.25) is 50.9 Å². The van der Waals surface area contributed by atoms with E-state index in [0.29, 0.717) is 0 Å². The van der Waals surface area contributed by atoms with Gasteiger partial charge >= 0.3 is 0 Å². The van der Waals surface area contributed by atoms with Crippen LogP contribution in [0, 0.1) is 0 Å². The van der Waals surface area contributed by atoms with E-state index < -0.39 is 31.8 Å². The van der Waals surface area contributed by atoms with E-state index in [1.165, 1.54) is 0 Å². The van der Waals surface area contributed by atoms with Crippen LogP contribution in [0.1, 0.15) is 0 Å². The molecule has 0 aliphatic heterocycles. The van der Waals surface area contributed by atoms with Crippen LogP contribution in [0.15, 0.2) is 0 Å². The number of carbonyl (C=O) groups excluding carboxylic acids is 2. The van der Waals surface area contributed by atoms with Crippen molar-refractivity contribution in [2.24, 2.45) is 22.0 Å². The molecule has 0 aromatic rings. The Morgan fingerprint density at radius 1 is 0.938 bits per heavy atom. The van der Waals surface area contributed by atoms with Gasteiger partial charge in [-0.1, -0.05) is 15.9 Å². The minimum absolute atomic E-state index is 1.07. The van der Waals surface area contributed by atoms with E-state index in [1.54, 1.807) is 10.2 Å². The fourth-order valence-electron chi connectivity index (χ4n) is 0.577. The zero-order chi connectivity index (χ0) is 13.1. The van der Waals surface area contributed by atoms with Crippen molar-refractivity contribution in [3.05, 3.63) is 0 Å². The van der Waals surface area contributed by atoms with Crippen LogP contribution < -0.4 is 32.2 Å². The molecule has 0 bridgehead atoms. The Hall–Kier alpha value is -0.280. The number of halogens is 1. The number of nitrogens with one attached hydrogen (secondary N) is 2. The Bertz CT molecular complexity index is 351. The van der Waals surface area contributed by atoms with Gasteiger partial charge in [-0.15, -0.1) is 0 Å². The second-order valence-corrected chi connectivity index (χ2v) is 6.93. The normalized spacial score (nSPS) is 12.4. The molecule has 0 rings (SSSR count). The largest absolute Gasteiger partial charge is 0.300 e. The standard InChI is InChI=1S/C3H11BrN6O4P2/c4-1(2(11)9-15(5,6)13)3(12)10-16(7,8)14/h1H,(H5,5,6,9,11,13)(H5,7,8,10,12,14). The molecule has 0 atom stereocenters. The van der Waals surface area contributed by atoms with E-state index in [1.807, 2.05) is 0 Å². The summed E-state index contributed by atoms with van der Waals surface area (Å²) < 4.78 is 21.6. The SMILES string of the molecule is NP(N)(=O)NC(=O)C(Br)C(=O)NP(N)(N)=O. The van der Waals surface area contributed by atoms with Crippen molar-refractivity contribution < 1.29 is 18.7 Å². The monoisotopic (exact) mass is 336 g/mol. The maximum Gasteiger partial charge on any atom is 0.300 e. The Morgan fingerprint density at radius 3 is 1.38 bits per heavy atom. The average molecular weight is 337 g/mol. The third kappa shape index (κ3) is 7.07. The first-order valence-electron chi connectivity index (χ1n) is 3.55. The molecule has 0 unspecified atom stereocenters. The molecule has 2 amide bonds. The summed E-state index contributed by atoms with van der Waals surface area (Å²) >= 11 is 2.63. The number of amides is 2. The Labute approximate surface area is 99.0 Å². The van der Waals surface area contributed by atoms with Crippen molar-refractivity contribution >= 4 is 42.9 Å². The van der Waals surface area contributed by atoms with Crippen LogP contribution in [0.4, 0.5) is 0 Å². The van der Waals surface area contributed by atoms with Crippen molar-refractivity contribution in [2.75, 3.05) is 0 Å². The molecule has 0 fully saturated rings. The molecule has 0 radical (unpaired) electrons. The van der Waals surface area contributed by atoms with Crippen molar-refractivity contribution in [2.45, 2.75) is 4.83 Å². The van der Waals surface area contributed by atoms with Gasteiger partial charge in [-0.2, -0.15) is 0 Å². The van der Waals surface area contributed by atoms with E-state index in [0.717, 1.165) is 0 Å². The smallest absolute Gasteiger partial charge is 0.282 e. The van der Waals surface area contributed by atoms with Crippen LogP contribution in [0.3, 0.4) is 0 Å². The Kier molecular flexibility index (Phi) is 5.27. The molecule has 13 heteroatoms. The van der Waals surface area contributed by atoms with Gasteiger partial charge in [-0.25, -0.2) is 0 Å². The number of carbonyl (C=O) groups is 2. The maximum atomic E-state index is 11.2. The van der Waals surface area contributed by atoms with Gasteiger partial charge in [0.1, 0.15) is 0 Å². The van der Waals surface area contributed by atoms with Crippen LogP contribution in [-0.2, 0) is 18.7 Å². The first kappa shape index (κ1) is 15.7. The third-order valence-electron chi connectivity index (χ3n) is 1.03. The molecule has 0 aromatic heterocycles. The summed E-state index contributed by atoms with van der Waals surface area (Å²) in [6.07, 6.45) is 0. The first-order valence-corrected chi connectivity index (χ1v) is 8.15. The molecule has 94 valence electrons. The van der Waals surface area contributed by atoms with Crippen molar-refractivity contribution in [3.63, 3.8) is 0 Å². The highest BCUT2D eigenvalue weighted by Crippen LogP contribution is 2.21. The molecule has 10 N–H and O–H groups in total. The molecular weight excluding hydrogens is 326 g/mol. The number of hydrogen-bond acceptors (Lipinski definition) is 4. The predicted molar refractivity (Wildman–Crippen MR) is 61.0 cm³/mol. The van der Waals surface area contributed by atoms with Gasteiger partial charge in [0.25, 0.3) is 27.0 Å². The third-order valence-corrected chi connectivity index (χ3v) is 3.00. The lowest BCUT2D eigenvalue weighted by Crippen LogP contribution is -2.43. The lowest BCUT2D eigenvalue weighted by Gasteiger charge is -2.14. The average Bonchev–Trinajstić information content (AvgIpc) is 1.96. The fraction of sp³-hybridized carbons (Fsp3) is 0.333. The number of rotatable bonds is 4. The summed E-state index contributed by atoms with van der Waals surface area (Å²) in [5.74, 6) is -2.14. The molecule has 10 nitrogen and oxygen atoms in total. The minimum atomic E-state index is -3.81. The highest BCUT2D eigenvalue weighted by molar-refractivity contribution is 9.10. The Morgan fingerprint density at radius 2 is 1.19 bits per heavy atom. The highest BCUT2D eigenvalue weighted by Gasteiger charge is 2.29. The van der Waals surface area contributed by atoms with E-state index in [2.05, 4.69) is 15.9 Å². The van der Waals surface area contributed by atoms with Gasteiger partial charge in [0.2, 0.25) is 0 Å². The molecule has 0 aliphatic carbocycles. The predicted octanol–water partition coefficient (Wildman–Crippen LogP) is -1.97. The summed E-state index contributed by atoms with van der Waals surface area (Å²) in [6.45, 7) is 0. The van der Waals surface area contributed by atoms with E-state index in [4.69, 9.17) is 22.0 Å². The number of hydrogen-bond donors (Lipinski definition) is 6. The maximum absolute atomic E-state index is 11.2. The zero-order valence-corrected chi connectivity index (χ0v) is 11.2. The minimum Gasteiger partial charge on any atom is -0.282 e. The van der Waals surface area contributed by atoms with E-state index in [-0.39, 0.29) is 0 Å². The summed E-state index contributed by atoms with van der Waals surface area (Å²) in [5, 5.41) is 3.36. The van der Waals surface area contributed by atoms with Gasteiger partial charge in [0.15, 0.2) is 4.83 Å². The van der Waals surface area contributed by atoms with Crippen LogP contribution >= 0.6 is 31.1 Å². The molecule has 16 heavy (non-hydrogen) atoms. The molecule has 0 saturated heterocycles. The van der Waals surface area contributed by atoms with Gasteiger partial charge in [0.05, 0.1) is 0 Å². The lowest BCUT2D eigenvalue weighted by molar-refractivity contribution is -0.126. The van der Waals surface area contributed by atoms with Crippen LogP contribution in [-0.4, -0.2) is 16.6 Å². The summed E-state index contributed by atoms with van der Waals surface area (Å²) in [7, 11) is -7.62.